The Kier molecular flexibility index (Phi) is 6.23. The molecule has 0 aromatic heterocycles. The zero-order chi connectivity index (χ0) is 21.0. The predicted octanol–water partition coefficient (Wildman–Crippen LogP) is 3.45. The van der Waals surface area contributed by atoms with Gasteiger partial charge in [0.2, 0.25) is 0 Å². The average molecular weight is 414 g/mol. The normalized spacial score (nSPS) is 15.5. The number of nitrogens with one attached hydrogen (secondary N) is 1. The fourth-order valence-electron chi connectivity index (χ4n) is 2.83. The Morgan fingerprint density at radius 3 is 2.45 bits per heavy atom. The minimum atomic E-state index is -0.712. The number of carbonyl (C=O) groups is 2. The van der Waals surface area contributed by atoms with Crippen LogP contribution in [0.1, 0.15) is 19.4 Å². The maximum Gasteiger partial charge on any atom is 0.270 e. The number of hydrogen-bond donors (Lipinski definition) is 1. The second-order valence-corrected chi connectivity index (χ2v) is 6.37. The van der Waals surface area contributed by atoms with E-state index in [4.69, 9.17) is 21.7 Å². The molecule has 2 aromatic carbocycles. The van der Waals surface area contributed by atoms with Gasteiger partial charge in [0.05, 0.1) is 18.9 Å². The van der Waals surface area contributed by atoms with Crippen molar-refractivity contribution in [1.29, 1.82) is 0 Å². The van der Waals surface area contributed by atoms with Crippen molar-refractivity contribution in [3.63, 3.8) is 0 Å². The lowest BCUT2D eigenvalue weighted by Gasteiger charge is -2.29. The van der Waals surface area contributed by atoms with Gasteiger partial charge in [-0.15, -0.1) is 0 Å². The third kappa shape index (κ3) is 4.27. The maximum absolute atomic E-state index is 14.2. The van der Waals surface area contributed by atoms with Crippen molar-refractivity contribution in [3.8, 4) is 11.5 Å². The molecule has 8 heteroatoms. The first-order valence-corrected chi connectivity index (χ1v) is 9.42. The summed E-state index contributed by atoms with van der Waals surface area (Å²) in [4.78, 5) is 26.3. The fourth-order valence-corrected chi connectivity index (χ4v) is 3.11. The van der Waals surface area contributed by atoms with E-state index in [1.54, 1.807) is 24.3 Å². The lowest BCUT2D eigenvalue weighted by atomic mass is 10.1. The van der Waals surface area contributed by atoms with Crippen LogP contribution in [-0.4, -0.2) is 30.1 Å². The van der Waals surface area contributed by atoms with Gasteiger partial charge < -0.3 is 9.47 Å². The Balaban J connectivity index is 2.00. The number of rotatable bonds is 6. The van der Waals surface area contributed by atoms with Crippen molar-refractivity contribution in [2.45, 2.75) is 13.8 Å². The summed E-state index contributed by atoms with van der Waals surface area (Å²) in [5.74, 6) is -0.938. The molecule has 0 bridgehead atoms. The quantitative estimate of drug-likeness (QED) is 0.446. The zero-order valence-corrected chi connectivity index (χ0v) is 16.7. The Morgan fingerprint density at radius 1 is 1.07 bits per heavy atom. The van der Waals surface area contributed by atoms with E-state index < -0.39 is 17.6 Å². The molecule has 2 aromatic rings. The van der Waals surface area contributed by atoms with Gasteiger partial charge in [0, 0.05) is 0 Å². The predicted molar refractivity (Wildman–Crippen MR) is 111 cm³/mol. The van der Waals surface area contributed by atoms with E-state index in [1.807, 2.05) is 13.8 Å². The highest BCUT2D eigenvalue weighted by atomic mass is 32.1. The molecule has 1 aliphatic rings. The number of hydrogen-bond acceptors (Lipinski definition) is 5. The van der Waals surface area contributed by atoms with Gasteiger partial charge >= 0.3 is 0 Å². The first-order valence-electron chi connectivity index (χ1n) is 9.01. The van der Waals surface area contributed by atoms with Gasteiger partial charge in [0.1, 0.15) is 11.4 Å². The summed E-state index contributed by atoms with van der Waals surface area (Å²) < 4.78 is 25.3. The average Bonchev–Trinajstić information content (AvgIpc) is 2.68. The molecule has 29 heavy (non-hydrogen) atoms. The number of anilines is 1. The molecular formula is C21H19FN2O4S. The molecule has 3 rings (SSSR count). The molecule has 0 unspecified atom stereocenters. The molecule has 1 aliphatic heterocycles. The molecular weight excluding hydrogens is 395 g/mol. The second-order valence-electron chi connectivity index (χ2n) is 5.98. The van der Waals surface area contributed by atoms with Gasteiger partial charge in [-0.1, -0.05) is 18.2 Å². The molecule has 1 N–H and O–H groups in total. The van der Waals surface area contributed by atoms with Crippen molar-refractivity contribution in [1.82, 2.24) is 5.32 Å². The lowest BCUT2D eigenvalue weighted by molar-refractivity contribution is -0.122. The van der Waals surface area contributed by atoms with E-state index in [2.05, 4.69) is 5.32 Å². The van der Waals surface area contributed by atoms with Crippen LogP contribution < -0.4 is 19.7 Å². The largest absolute Gasteiger partial charge is 0.490 e. The van der Waals surface area contributed by atoms with Gasteiger partial charge in [-0.25, -0.2) is 9.29 Å². The van der Waals surface area contributed by atoms with Crippen molar-refractivity contribution >= 4 is 40.9 Å². The number of para-hydroxylation sites is 1. The molecule has 0 saturated carbocycles. The minimum absolute atomic E-state index is 0.0323. The van der Waals surface area contributed by atoms with Crippen LogP contribution in [0.4, 0.5) is 10.1 Å². The number of benzene rings is 2. The van der Waals surface area contributed by atoms with Crippen LogP contribution in [0.2, 0.25) is 0 Å². The topological polar surface area (TPSA) is 67.9 Å². The van der Waals surface area contributed by atoms with Crippen LogP contribution in [0, 0.1) is 5.82 Å². The number of halogens is 1. The Bertz CT molecular complexity index is 1010. The number of amides is 2. The Labute approximate surface area is 172 Å². The van der Waals surface area contributed by atoms with Crippen molar-refractivity contribution in [2.75, 3.05) is 18.1 Å². The summed E-state index contributed by atoms with van der Waals surface area (Å²) in [6.45, 7) is 4.59. The van der Waals surface area contributed by atoms with E-state index in [1.165, 1.54) is 24.3 Å². The summed E-state index contributed by atoms with van der Waals surface area (Å²) >= 11 is 5.08. The Morgan fingerprint density at radius 2 is 1.76 bits per heavy atom. The van der Waals surface area contributed by atoms with E-state index in [9.17, 15) is 14.0 Å². The van der Waals surface area contributed by atoms with E-state index in [0.717, 1.165) is 4.90 Å². The summed E-state index contributed by atoms with van der Waals surface area (Å²) in [5.41, 5.74) is 0.347. The molecule has 6 nitrogen and oxygen atoms in total. The van der Waals surface area contributed by atoms with Crippen LogP contribution >= 0.6 is 12.2 Å². The lowest BCUT2D eigenvalue weighted by Crippen LogP contribution is -2.54. The molecule has 1 fully saturated rings. The SMILES string of the molecule is CCOc1ccc(C=C2C(=O)NC(=S)N(c3ccccc3F)C2=O)cc1OCC. The van der Waals surface area contributed by atoms with Crippen LogP contribution in [0.5, 0.6) is 11.5 Å². The van der Waals surface area contributed by atoms with Crippen molar-refractivity contribution in [2.24, 2.45) is 0 Å². The fraction of sp³-hybridized carbons (Fsp3) is 0.190. The highest BCUT2D eigenvalue weighted by molar-refractivity contribution is 7.80. The van der Waals surface area contributed by atoms with Gasteiger partial charge in [-0.05, 0) is 62.0 Å². The van der Waals surface area contributed by atoms with E-state index >= 15 is 0 Å². The number of nitrogens with zero attached hydrogens (tertiary/aromatic N) is 1. The van der Waals surface area contributed by atoms with Gasteiger partial charge in [-0.3, -0.25) is 14.9 Å². The van der Waals surface area contributed by atoms with E-state index in [-0.39, 0.29) is 16.4 Å². The Hall–Kier alpha value is -3.26. The molecule has 0 radical (unpaired) electrons. The first-order chi connectivity index (χ1) is 14.0. The van der Waals surface area contributed by atoms with Crippen molar-refractivity contribution < 1.29 is 23.5 Å². The minimum Gasteiger partial charge on any atom is -0.490 e. The molecule has 0 atom stereocenters. The molecule has 1 saturated heterocycles. The number of ether oxygens (including phenoxy) is 2. The van der Waals surface area contributed by atoms with Crippen LogP contribution in [0.3, 0.4) is 0 Å². The maximum atomic E-state index is 14.2. The smallest absolute Gasteiger partial charge is 0.270 e. The standard InChI is InChI=1S/C21H19FN2O4S/c1-3-27-17-10-9-13(12-18(17)28-4-2)11-14-19(25)23-21(29)24(20(14)26)16-8-6-5-7-15(16)22/h5-12H,3-4H2,1-2H3,(H,23,25,29). The molecule has 0 aliphatic carbocycles. The summed E-state index contributed by atoms with van der Waals surface area (Å²) in [7, 11) is 0. The molecule has 1 heterocycles. The molecule has 150 valence electrons. The third-order valence-electron chi connectivity index (χ3n) is 4.07. The van der Waals surface area contributed by atoms with Gasteiger partial charge in [-0.2, -0.15) is 0 Å². The first kappa shape index (κ1) is 20.5. The van der Waals surface area contributed by atoms with Crippen LogP contribution in [0.25, 0.3) is 6.08 Å². The highest BCUT2D eigenvalue weighted by Crippen LogP contribution is 2.30. The van der Waals surface area contributed by atoms with E-state index in [0.29, 0.717) is 30.3 Å². The summed E-state index contributed by atoms with van der Waals surface area (Å²) in [5, 5.41) is 2.26. The number of thiocarbonyl (C=S) groups is 1. The monoisotopic (exact) mass is 414 g/mol. The summed E-state index contributed by atoms with van der Waals surface area (Å²) in [6, 6.07) is 10.8. The van der Waals surface area contributed by atoms with Gasteiger partial charge in [0.15, 0.2) is 16.6 Å². The van der Waals surface area contributed by atoms with Crippen LogP contribution in [-0.2, 0) is 9.59 Å². The molecule has 0 spiro atoms. The second kappa shape index (κ2) is 8.83. The summed E-state index contributed by atoms with van der Waals surface area (Å²) in [6.07, 6.45) is 1.41. The molecule has 2 amide bonds. The third-order valence-corrected chi connectivity index (χ3v) is 4.36. The van der Waals surface area contributed by atoms with Crippen LogP contribution in [0.15, 0.2) is 48.0 Å². The zero-order valence-electron chi connectivity index (χ0n) is 15.9. The van der Waals surface area contributed by atoms with Gasteiger partial charge in [0.25, 0.3) is 11.8 Å². The van der Waals surface area contributed by atoms with Crippen molar-refractivity contribution in [3.05, 3.63) is 59.4 Å². The highest BCUT2D eigenvalue weighted by Gasteiger charge is 2.35. The number of carbonyl (C=O) groups excluding carboxylic acids is 2.